The van der Waals surface area contributed by atoms with Crippen molar-refractivity contribution in [3.05, 3.63) is 35.4 Å². The van der Waals surface area contributed by atoms with Gasteiger partial charge in [-0.25, -0.2) is 9.59 Å². The first-order valence-electron chi connectivity index (χ1n) is 19.1. The first-order chi connectivity index (χ1) is 21.7. The van der Waals surface area contributed by atoms with Gasteiger partial charge in [0, 0.05) is 0 Å². The summed E-state index contributed by atoms with van der Waals surface area (Å²) in [5.74, 6) is -0.635. The van der Waals surface area contributed by atoms with Gasteiger partial charge in [0.05, 0.1) is 24.3 Å². The van der Waals surface area contributed by atoms with E-state index in [9.17, 15) is 9.59 Å². The van der Waals surface area contributed by atoms with Crippen LogP contribution in [0.15, 0.2) is 24.3 Å². The van der Waals surface area contributed by atoms with Crippen molar-refractivity contribution in [3.63, 3.8) is 0 Å². The molecule has 0 N–H and O–H groups in total. The molecule has 4 heteroatoms. The van der Waals surface area contributed by atoms with Gasteiger partial charge in [-0.15, -0.1) is 0 Å². The Bertz CT molecular complexity index is 707. The molecule has 0 aliphatic rings. The molecule has 1 aromatic rings. The van der Waals surface area contributed by atoms with Crippen LogP contribution in [0, 0.1) is 0 Å². The highest BCUT2D eigenvalue weighted by Crippen LogP contribution is 2.15. The second-order valence-electron chi connectivity index (χ2n) is 13.0. The Labute approximate surface area is 272 Å². The topological polar surface area (TPSA) is 52.6 Å². The third-order valence-corrected chi connectivity index (χ3v) is 8.82. The van der Waals surface area contributed by atoms with E-state index in [4.69, 9.17) is 9.47 Å². The van der Waals surface area contributed by atoms with Gasteiger partial charge < -0.3 is 9.47 Å². The van der Waals surface area contributed by atoms with E-state index < -0.39 is 0 Å². The minimum absolute atomic E-state index is 0.318. The first-order valence-corrected chi connectivity index (χ1v) is 19.1. The van der Waals surface area contributed by atoms with Crippen molar-refractivity contribution in [3.8, 4) is 0 Å². The Morgan fingerprint density at radius 2 is 0.568 bits per heavy atom. The van der Waals surface area contributed by atoms with Gasteiger partial charge >= 0.3 is 11.9 Å². The van der Waals surface area contributed by atoms with Gasteiger partial charge in [0.15, 0.2) is 0 Å². The highest BCUT2D eigenvalue weighted by atomic mass is 16.5. The molecule has 0 aliphatic heterocycles. The Hall–Kier alpha value is -1.84. The predicted octanol–water partition coefficient (Wildman–Crippen LogP) is 13.0. The fourth-order valence-corrected chi connectivity index (χ4v) is 5.83. The highest BCUT2D eigenvalue weighted by Gasteiger charge is 2.11. The van der Waals surface area contributed by atoms with Gasteiger partial charge in [-0.05, 0) is 37.1 Å². The normalized spacial score (nSPS) is 11.1. The molecule has 0 aliphatic carbocycles. The highest BCUT2D eigenvalue weighted by molar-refractivity contribution is 5.93. The maximum Gasteiger partial charge on any atom is 0.338 e. The smallest absolute Gasteiger partial charge is 0.338 e. The number of esters is 2. The number of ether oxygens (including phenoxy) is 2. The molecule has 254 valence electrons. The van der Waals surface area contributed by atoms with Crippen molar-refractivity contribution in [2.24, 2.45) is 0 Å². The number of hydrogen-bond acceptors (Lipinski definition) is 4. The van der Waals surface area contributed by atoms with E-state index in [1.807, 2.05) is 0 Å². The van der Waals surface area contributed by atoms with Crippen LogP contribution in [0.5, 0.6) is 0 Å². The molecule has 1 rings (SSSR count). The van der Waals surface area contributed by atoms with E-state index in [2.05, 4.69) is 13.8 Å². The van der Waals surface area contributed by atoms with E-state index in [-0.39, 0.29) is 11.9 Å². The third-order valence-electron chi connectivity index (χ3n) is 8.82. The van der Waals surface area contributed by atoms with E-state index >= 15 is 0 Å². The monoisotopic (exact) mass is 615 g/mol. The molecule has 0 saturated heterocycles. The van der Waals surface area contributed by atoms with Crippen molar-refractivity contribution < 1.29 is 19.1 Å². The summed E-state index contributed by atoms with van der Waals surface area (Å²) in [6.07, 6.45) is 36.6. The fraction of sp³-hybridized carbons (Fsp3) is 0.800. The van der Waals surface area contributed by atoms with Crippen LogP contribution in [-0.2, 0) is 9.47 Å². The maximum absolute atomic E-state index is 12.4. The summed E-state index contributed by atoms with van der Waals surface area (Å²) < 4.78 is 10.9. The first kappa shape index (κ1) is 40.2. The largest absolute Gasteiger partial charge is 0.462 e. The number of benzene rings is 1. The number of rotatable bonds is 32. The van der Waals surface area contributed by atoms with Crippen LogP contribution in [-0.4, -0.2) is 25.2 Å². The molecular formula is C40H70O4. The van der Waals surface area contributed by atoms with Gasteiger partial charge in [-0.1, -0.05) is 181 Å². The molecule has 0 unspecified atom stereocenters. The van der Waals surface area contributed by atoms with Crippen LogP contribution in [0.25, 0.3) is 0 Å². The average molecular weight is 615 g/mol. The van der Waals surface area contributed by atoms with Gasteiger partial charge in [0.25, 0.3) is 0 Å². The van der Waals surface area contributed by atoms with Crippen molar-refractivity contribution in [2.45, 2.75) is 194 Å². The second kappa shape index (κ2) is 31.2. The van der Waals surface area contributed by atoms with E-state index in [1.165, 1.54) is 154 Å². The zero-order valence-electron chi connectivity index (χ0n) is 29.2. The van der Waals surface area contributed by atoms with Gasteiger partial charge in [-0.3, -0.25) is 0 Å². The molecule has 0 saturated carbocycles. The number of unbranched alkanes of at least 4 members (excludes halogenated alkanes) is 26. The Morgan fingerprint density at radius 1 is 0.364 bits per heavy atom. The summed E-state index contributed by atoms with van der Waals surface area (Å²) in [6, 6.07) is 6.65. The summed E-state index contributed by atoms with van der Waals surface area (Å²) in [5.41, 5.74) is 0.970. The lowest BCUT2D eigenvalue weighted by Crippen LogP contribution is -2.09. The molecule has 0 heterocycles. The molecule has 0 aromatic heterocycles. The summed E-state index contributed by atoms with van der Waals surface area (Å²) in [4.78, 5) is 24.7. The van der Waals surface area contributed by atoms with Crippen molar-refractivity contribution >= 4 is 11.9 Å². The summed E-state index contributed by atoms with van der Waals surface area (Å²) in [5, 5.41) is 0. The van der Waals surface area contributed by atoms with Crippen molar-refractivity contribution in [1.82, 2.24) is 0 Å². The Balaban J connectivity index is 1.94. The van der Waals surface area contributed by atoms with Gasteiger partial charge in [0.1, 0.15) is 0 Å². The Kier molecular flexibility index (Phi) is 28.5. The number of carbonyl (C=O) groups is 2. The molecule has 0 amide bonds. The quantitative estimate of drug-likeness (QED) is 0.0598. The van der Waals surface area contributed by atoms with Crippen LogP contribution in [0.2, 0.25) is 0 Å². The van der Waals surface area contributed by atoms with Crippen molar-refractivity contribution in [1.29, 1.82) is 0 Å². The lowest BCUT2D eigenvalue weighted by molar-refractivity contribution is 0.0483. The fourth-order valence-electron chi connectivity index (χ4n) is 5.83. The average Bonchev–Trinajstić information content (AvgIpc) is 3.04. The van der Waals surface area contributed by atoms with Crippen LogP contribution in [0.1, 0.15) is 214 Å². The van der Waals surface area contributed by atoms with Gasteiger partial charge in [0.2, 0.25) is 0 Å². The van der Waals surface area contributed by atoms with E-state index in [0.29, 0.717) is 24.3 Å². The molecule has 0 bridgehead atoms. The molecule has 0 atom stereocenters. The molecule has 0 radical (unpaired) electrons. The van der Waals surface area contributed by atoms with Gasteiger partial charge in [-0.2, -0.15) is 0 Å². The maximum atomic E-state index is 12.4. The lowest BCUT2D eigenvalue weighted by Gasteiger charge is -2.07. The summed E-state index contributed by atoms with van der Waals surface area (Å²) >= 11 is 0. The molecule has 1 aromatic carbocycles. The summed E-state index contributed by atoms with van der Waals surface area (Å²) in [7, 11) is 0. The summed E-state index contributed by atoms with van der Waals surface area (Å²) in [6.45, 7) is 5.46. The number of hydrogen-bond donors (Lipinski definition) is 0. The molecular weight excluding hydrogens is 544 g/mol. The van der Waals surface area contributed by atoms with Crippen molar-refractivity contribution in [2.75, 3.05) is 13.2 Å². The standard InChI is InChI=1S/C40H70O4/c1-3-5-7-9-11-13-15-17-19-21-23-25-27-29-35-43-39(41)37-31-33-38(34-32-37)40(42)44-36-30-28-26-24-22-20-18-16-14-12-10-8-6-4-2/h31-34H,3-30,35-36H2,1-2H3. The van der Waals surface area contributed by atoms with Crippen LogP contribution in [0.3, 0.4) is 0 Å². The second-order valence-corrected chi connectivity index (χ2v) is 13.0. The molecule has 0 spiro atoms. The minimum Gasteiger partial charge on any atom is -0.462 e. The van der Waals surface area contributed by atoms with E-state index in [0.717, 1.165) is 25.7 Å². The zero-order chi connectivity index (χ0) is 31.8. The Morgan fingerprint density at radius 3 is 0.795 bits per heavy atom. The van der Waals surface area contributed by atoms with Crippen LogP contribution >= 0.6 is 0 Å². The minimum atomic E-state index is -0.318. The van der Waals surface area contributed by atoms with Crippen LogP contribution < -0.4 is 0 Å². The number of carbonyl (C=O) groups excluding carboxylic acids is 2. The molecule has 4 nitrogen and oxygen atoms in total. The van der Waals surface area contributed by atoms with E-state index in [1.54, 1.807) is 24.3 Å². The van der Waals surface area contributed by atoms with Crippen LogP contribution in [0.4, 0.5) is 0 Å². The lowest BCUT2D eigenvalue weighted by atomic mass is 10.0. The third kappa shape index (κ3) is 24.5. The molecule has 44 heavy (non-hydrogen) atoms. The zero-order valence-corrected chi connectivity index (χ0v) is 29.2. The molecule has 0 fully saturated rings. The predicted molar refractivity (Wildman–Crippen MR) is 188 cm³/mol. The SMILES string of the molecule is CCCCCCCCCCCCCCCCOC(=O)c1ccc(C(=O)OCCCCCCCCCCCCCCCC)cc1.